The predicted octanol–water partition coefficient (Wildman–Crippen LogP) is 4.10. The molecule has 3 aliphatic heterocycles. The van der Waals surface area contributed by atoms with E-state index < -0.39 is 41.7 Å². The van der Waals surface area contributed by atoms with Crippen LogP contribution in [0.2, 0.25) is 0 Å². The van der Waals surface area contributed by atoms with E-state index in [0.717, 1.165) is 31.2 Å². The standard InChI is InChI=1S/C36H51N3O7/c1-4-7-18-29(41)37-25-28(26-16-12-11-13-17-26)45-35(44)30-27-19-20-36(46-27)31(30)33(42)39(23-14-9-10-15-24-40)32(36)34(43)38(21-6-3)22-8-5-2/h4,6,11-13,16-17,27-28,30-32,40H,1,3,5,7-10,14-15,18-25H2,2H3,(H,37,41)/t27-,28+,30+,31+,32-,36+/m0/s1. The second kappa shape index (κ2) is 16.9. The molecule has 3 aliphatic rings. The van der Waals surface area contributed by atoms with Crippen LogP contribution >= 0.6 is 0 Å². The molecule has 1 aromatic carbocycles. The van der Waals surface area contributed by atoms with Gasteiger partial charge in [-0.15, -0.1) is 13.2 Å². The lowest BCUT2D eigenvalue weighted by Gasteiger charge is -2.37. The number of hydrogen-bond donors (Lipinski definition) is 2. The van der Waals surface area contributed by atoms with E-state index in [1.807, 2.05) is 30.3 Å². The van der Waals surface area contributed by atoms with Crippen molar-refractivity contribution in [2.75, 3.05) is 32.8 Å². The Labute approximate surface area is 273 Å². The SMILES string of the molecule is C=CCCC(=O)NC[C@@H](OC(=O)[C@@H]1[C@@H]2CC[C@]3(O2)[C@H](C(=O)N(CC=C)CCCC)N(CCCCCCO)C(=O)[C@@H]13)c1ccccc1. The summed E-state index contributed by atoms with van der Waals surface area (Å²) >= 11 is 0. The topological polar surface area (TPSA) is 125 Å². The van der Waals surface area contributed by atoms with Crippen LogP contribution in [-0.4, -0.2) is 89.1 Å². The molecule has 0 radical (unpaired) electrons. The molecule has 0 saturated carbocycles. The van der Waals surface area contributed by atoms with Crippen LogP contribution in [0, 0.1) is 11.8 Å². The van der Waals surface area contributed by atoms with Crippen LogP contribution in [0.5, 0.6) is 0 Å². The number of esters is 1. The predicted molar refractivity (Wildman–Crippen MR) is 174 cm³/mol. The number of hydrogen-bond acceptors (Lipinski definition) is 7. The third-order valence-corrected chi connectivity index (χ3v) is 9.55. The number of likely N-dealkylation sites (tertiary alicyclic amines) is 1. The average molecular weight is 638 g/mol. The summed E-state index contributed by atoms with van der Waals surface area (Å²) in [5.41, 5.74) is -0.384. The molecule has 2 N–H and O–H groups in total. The fourth-order valence-electron chi connectivity index (χ4n) is 7.30. The summed E-state index contributed by atoms with van der Waals surface area (Å²) in [7, 11) is 0. The first-order chi connectivity index (χ1) is 22.3. The Morgan fingerprint density at radius 2 is 1.91 bits per heavy atom. The van der Waals surface area contributed by atoms with Crippen molar-refractivity contribution in [2.24, 2.45) is 11.8 Å². The summed E-state index contributed by atoms with van der Waals surface area (Å²) in [6.07, 6.45) is 8.67. The Kier molecular flexibility index (Phi) is 13.0. The van der Waals surface area contributed by atoms with E-state index in [4.69, 9.17) is 9.47 Å². The van der Waals surface area contributed by atoms with Crippen LogP contribution in [0.4, 0.5) is 0 Å². The number of nitrogens with zero attached hydrogens (tertiary/aromatic N) is 2. The quantitative estimate of drug-likeness (QED) is 0.125. The number of amides is 3. The minimum absolute atomic E-state index is 0.0861. The Bertz CT molecular complexity index is 1220. The van der Waals surface area contributed by atoms with Crippen molar-refractivity contribution in [3.63, 3.8) is 0 Å². The van der Waals surface area contributed by atoms with Gasteiger partial charge >= 0.3 is 5.97 Å². The van der Waals surface area contributed by atoms with Crippen LogP contribution in [0.25, 0.3) is 0 Å². The Hall–Kier alpha value is -3.50. The molecule has 4 rings (SSSR count). The van der Waals surface area contributed by atoms with Gasteiger partial charge in [-0.3, -0.25) is 19.2 Å². The van der Waals surface area contributed by atoms with E-state index in [2.05, 4.69) is 25.4 Å². The molecule has 0 aromatic heterocycles. The molecular formula is C36H51N3O7. The summed E-state index contributed by atoms with van der Waals surface area (Å²) in [4.78, 5) is 58.6. The van der Waals surface area contributed by atoms with E-state index in [-0.39, 0.29) is 37.3 Å². The fourth-order valence-corrected chi connectivity index (χ4v) is 7.30. The molecule has 2 bridgehead atoms. The van der Waals surface area contributed by atoms with Crippen LogP contribution in [0.1, 0.15) is 82.8 Å². The molecule has 252 valence electrons. The highest BCUT2D eigenvalue weighted by atomic mass is 16.6. The van der Waals surface area contributed by atoms with Crippen molar-refractivity contribution in [3.8, 4) is 0 Å². The summed E-state index contributed by atoms with van der Waals surface area (Å²) in [6, 6.07) is 8.39. The molecule has 1 spiro atoms. The third-order valence-electron chi connectivity index (χ3n) is 9.55. The van der Waals surface area contributed by atoms with Gasteiger partial charge in [-0.2, -0.15) is 0 Å². The maximum Gasteiger partial charge on any atom is 0.313 e. The number of unbranched alkanes of at least 4 members (excludes halogenated alkanes) is 4. The highest BCUT2D eigenvalue weighted by molar-refractivity contribution is 5.98. The fraction of sp³-hybridized carbons (Fsp3) is 0.611. The first-order valence-corrected chi connectivity index (χ1v) is 16.9. The molecule has 0 unspecified atom stereocenters. The number of fused-ring (bicyclic) bond motifs is 1. The molecule has 3 saturated heterocycles. The van der Waals surface area contributed by atoms with Crippen LogP contribution in [0.15, 0.2) is 55.6 Å². The highest BCUT2D eigenvalue weighted by Crippen LogP contribution is 2.59. The zero-order valence-electron chi connectivity index (χ0n) is 27.2. The van der Waals surface area contributed by atoms with Crippen molar-refractivity contribution >= 4 is 23.7 Å². The zero-order valence-corrected chi connectivity index (χ0v) is 27.2. The molecule has 3 fully saturated rings. The van der Waals surface area contributed by atoms with E-state index in [1.165, 1.54) is 0 Å². The van der Waals surface area contributed by atoms with Crippen molar-refractivity contribution in [2.45, 2.75) is 95.0 Å². The number of ether oxygens (including phenoxy) is 2. The van der Waals surface area contributed by atoms with Crippen LogP contribution < -0.4 is 5.32 Å². The molecule has 3 amide bonds. The van der Waals surface area contributed by atoms with Gasteiger partial charge in [-0.05, 0) is 44.1 Å². The van der Waals surface area contributed by atoms with Crippen LogP contribution in [0.3, 0.4) is 0 Å². The maximum absolute atomic E-state index is 14.3. The monoisotopic (exact) mass is 637 g/mol. The van der Waals surface area contributed by atoms with Gasteiger partial charge in [-0.25, -0.2) is 0 Å². The van der Waals surface area contributed by atoms with Crippen molar-refractivity contribution < 1.29 is 33.8 Å². The molecule has 10 heteroatoms. The number of carbonyl (C=O) groups excluding carboxylic acids is 4. The Balaban J connectivity index is 1.60. The lowest BCUT2D eigenvalue weighted by atomic mass is 9.70. The smallest absolute Gasteiger partial charge is 0.313 e. The van der Waals surface area contributed by atoms with E-state index in [9.17, 15) is 24.3 Å². The molecule has 46 heavy (non-hydrogen) atoms. The van der Waals surface area contributed by atoms with Gasteiger partial charge in [-0.1, -0.05) is 68.7 Å². The lowest BCUT2D eigenvalue weighted by molar-refractivity contribution is -0.160. The van der Waals surface area contributed by atoms with Crippen molar-refractivity contribution in [1.82, 2.24) is 15.1 Å². The minimum Gasteiger partial charge on any atom is -0.455 e. The van der Waals surface area contributed by atoms with E-state index in [1.54, 1.807) is 22.0 Å². The van der Waals surface area contributed by atoms with Gasteiger partial charge in [0, 0.05) is 32.7 Å². The van der Waals surface area contributed by atoms with Gasteiger partial charge in [0.25, 0.3) is 0 Å². The normalized spacial score (nSPS) is 25.2. The zero-order chi connectivity index (χ0) is 33.1. The average Bonchev–Trinajstić information content (AvgIpc) is 3.71. The lowest BCUT2D eigenvalue weighted by Crippen LogP contribution is -2.56. The number of benzene rings is 1. The molecule has 0 aliphatic carbocycles. The number of nitrogens with one attached hydrogen (secondary N) is 1. The summed E-state index contributed by atoms with van der Waals surface area (Å²) < 4.78 is 12.7. The second-order valence-corrected chi connectivity index (χ2v) is 12.6. The molecular weight excluding hydrogens is 586 g/mol. The minimum atomic E-state index is -1.11. The molecule has 1 aromatic rings. The molecule has 3 heterocycles. The number of rotatable bonds is 20. The van der Waals surface area contributed by atoms with E-state index >= 15 is 0 Å². The number of aliphatic hydroxyl groups is 1. The summed E-state index contributed by atoms with van der Waals surface area (Å²) in [6.45, 7) is 11.1. The van der Waals surface area contributed by atoms with Gasteiger partial charge < -0.3 is 29.7 Å². The Morgan fingerprint density at radius 1 is 1.15 bits per heavy atom. The summed E-state index contributed by atoms with van der Waals surface area (Å²) in [5, 5.41) is 12.1. The largest absolute Gasteiger partial charge is 0.455 e. The highest BCUT2D eigenvalue weighted by Gasteiger charge is 2.75. The Morgan fingerprint density at radius 3 is 2.61 bits per heavy atom. The molecule has 6 atom stereocenters. The van der Waals surface area contributed by atoms with Crippen molar-refractivity contribution in [3.05, 3.63) is 61.2 Å². The summed E-state index contributed by atoms with van der Waals surface area (Å²) in [5.74, 6) is -2.83. The van der Waals surface area contributed by atoms with Gasteiger partial charge in [0.2, 0.25) is 17.7 Å². The number of aliphatic hydroxyl groups excluding tert-OH is 1. The molecule has 10 nitrogen and oxygen atoms in total. The van der Waals surface area contributed by atoms with Crippen molar-refractivity contribution in [1.29, 1.82) is 0 Å². The van der Waals surface area contributed by atoms with Crippen LogP contribution in [-0.2, 0) is 28.7 Å². The second-order valence-electron chi connectivity index (χ2n) is 12.6. The maximum atomic E-state index is 14.3. The number of carbonyl (C=O) groups is 4. The van der Waals surface area contributed by atoms with Gasteiger partial charge in [0.1, 0.15) is 17.7 Å². The van der Waals surface area contributed by atoms with E-state index in [0.29, 0.717) is 51.7 Å². The van der Waals surface area contributed by atoms with Gasteiger partial charge in [0.15, 0.2) is 0 Å². The third kappa shape index (κ3) is 7.72. The first kappa shape index (κ1) is 35.4. The first-order valence-electron chi connectivity index (χ1n) is 16.9. The number of allylic oxidation sites excluding steroid dienone is 1. The van der Waals surface area contributed by atoms with Gasteiger partial charge in [0.05, 0.1) is 24.5 Å².